The molecule has 0 saturated heterocycles. The van der Waals surface area contributed by atoms with Gasteiger partial charge in [0, 0.05) is 16.5 Å². The van der Waals surface area contributed by atoms with Crippen LogP contribution in [0.3, 0.4) is 0 Å². The largest absolute Gasteiger partial charge is 0.478 e. The van der Waals surface area contributed by atoms with Gasteiger partial charge in [-0.15, -0.1) is 0 Å². The number of hydrogen-bond acceptors (Lipinski definition) is 4. The molecule has 2 N–H and O–H groups in total. The van der Waals surface area contributed by atoms with E-state index in [0.29, 0.717) is 5.39 Å². The van der Waals surface area contributed by atoms with Crippen molar-refractivity contribution < 1.29 is 29.4 Å². The normalized spacial score (nSPS) is 13.1. The van der Waals surface area contributed by atoms with Crippen LogP contribution in [-0.2, 0) is 0 Å². The molecule has 132 valence electrons. The van der Waals surface area contributed by atoms with E-state index in [2.05, 4.69) is 0 Å². The second-order valence-electron chi connectivity index (χ2n) is 6.00. The third-order valence-electron chi connectivity index (χ3n) is 4.49. The van der Waals surface area contributed by atoms with Crippen LogP contribution in [0.15, 0.2) is 54.6 Å². The van der Waals surface area contributed by atoms with Gasteiger partial charge >= 0.3 is 11.9 Å². The zero-order valence-electron chi connectivity index (χ0n) is 13.7. The highest BCUT2D eigenvalue weighted by Gasteiger charge is 2.35. The van der Waals surface area contributed by atoms with Crippen LogP contribution in [0.2, 0.25) is 0 Å². The second kappa shape index (κ2) is 5.77. The van der Waals surface area contributed by atoms with Gasteiger partial charge < -0.3 is 10.2 Å². The molecule has 1 heterocycles. The van der Waals surface area contributed by atoms with E-state index < -0.39 is 23.8 Å². The van der Waals surface area contributed by atoms with Gasteiger partial charge in [-0.3, -0.25) is 9.59 Å². The molecule has 3 aromatic rings. The molecule has 0 saturated carbocycles. The summed E-state index contributed by atoms with van der Waals surface area (Å²) in [5.41, 5.74) is 0.447. The van der Waals surface area contributed by atoms with Gasteiger partial charge in [-0.05, 0) is 41.8 Å². The quantitative estimate of drug-likeness (QED) is 0.694. The van der Waals surface area contributed by atoms with Gasteiger partial charge in [0.2, 0.25) is 0 Å². The monoisotopic (exact) mass is 361 g/mol. The molecular formula is C20H11NO6. The first-order valence-electron chi connectivity index (χ1n) is 7.91. The standard InChI is InChI=1S/C20H11NO6/c22-17-14-6-2-5-12-13(20(26)27)7-8-15(16(12)14)18(23)21(17)11-4-1-3-10(9-11)19(24)25/h1-9H,(H,24,25)(H,26,27). The Labute approximate surface area is 152 Å². The van der Waals surface area contributed by atoms with Crippen molar-refractivity contribution in [1.29, 1.82) is 0 Å². The Balaban J connectivity index is 1.96. The van der Waals surface area contributed by atoms with E-state index in [1.54, 1.807) is 12.1 Å². The maximum absolute atomic E-state index is 13.0. The molecule has 4 rings (SSSR count). The van der Waals surface area contributed by atoms with E-state index in [1.807, 2.05) is 0 Å². The number of nitrogens with zero attached hydrogens (tertiary/aromatic N) is 1. The van der Waals surface area contributed by atoms with Crippen molar-refractivity contribution in [1.82, 2.24) is 0 Å². The summed E-state index contributed by atoms with van der Waals surface area (Å²) >= 11 is 0. The van der Waals surface area contributed by atoms with Crippen molar-refractivity contribution in [2.45, 2.75) is 0 Å². The average molecular weight is 361 g/mol. The molecule has 0 bridgehead atoms. The molecule has 1 aliphatic heterocycles. The molecule has 1 aliphatic rings. The number of carboxylic acids is 2. The van der Waals surface area contributed by atoms with E-state index in [4.69, 9.17) is 5.11 Å². The molecule has 7 heteroatoms. The minimum atomic E-state index is -1.18. The number of hydrogen-bond donors (Lipinski definition) is 2. The summed E-state index contributed by atoms with van der Waals surface area (Å²) in [5, 5.41) is 19.1. The first-order chi connectivity index (χ1) is 12.9. The summed E-state index contributed by atoms with van der Waals surface area (Å²) in [7, 11) is 0. The average Bonchev–Trinajstić information content (AvgIpc) is 2.65. The third-order valence-corrected chi connectivity index (χ3v) is 4.49. The van der Waals surface area contributed by atoms with E-state index in [-0.39, 0.29) is 33.3 Å². The minimum absolute atomic E-state index is 0.00229. The van der Waals surface area contributed by atoms with E-state index >= 15 is 0 Å². The number of carbonyl (C=O) groups is 4. The molecule has 0 spiro atoms. The summed E-state index contributed by atoms with van der Waals surface area (Å²) in [6.45, 7) is 0. The van der Waals surface area contributed by atoms with Gasteiger partial charge in [0.15, 0.2) is 0 Å². The van der Waals surface area contributed by atoms with Crippen LogP contribution in [0.1, 0.15) is 41.4 Å². The molecule has 0 aromatic heterocycles. The number of anilines is 1. The minimum Gasteiger partial charge on any atom is -0.478 e. The van der Waals surface area contributed by atoms with Crippen LogP contribution in [0.25, 0.3) is 10.8 Å². The molecule has 2 amide bonds. The lowest BCUT2D eigenvalue weighted by atomic mass is 9.91. The molecular weight excluding hydrogens is 350 g/mol. The highest BCUT2D eigenvalue weighted by Crippen LogP contribution is 2.34. The zero-order valence-corrected chi connectivity index (χ0v) is 13.7. The molecule has 0 unspecified atom stereocenters. The smallest absolute Gasteiger partial charge is 0.336 e. The Morgan fingerprint density at radius 3 is 2.11 bits per heavy atom. The lowest BCUT2D eigenvalue weighted by molar-refractivity contribution is 0.0687. The van der Waals surface area contributed by atoms with Gasteiger partial charge in [0.05, 0.1) is 16.8 Å². The fraction of sp³-hybridized carbons (Fsp3) is 0. The summed E-state index contributed by atoms with van der Waals surface area (Å²) in [6.07, 6.45) is 0. The predicted molar refractivity (Wildman–Crippen MR) is 95.4 cm³/mol. The lowest BCUT2D eigenvalue weighted by Crippen LogP contribution is -2.40. The van der Waals surface area contributed by atoms with Crippen molar-refractivity contribution in [3.8, 4) is 0 Å². The van der Waals surface area contributed by atoms with Crippen LogP contribution >= 0.6 is 0 Å². The summed E-state index contributed by atoms with van der Waals surface area (Å²) < 4.78 is 0. The van der Waals surface area contributed by atoms with Crippen LogP contribution in [0.4, 0.5) is 5.69 Å². The Morgan fingerprint density at radius 2 is 1.44 bits per heavy atom. The lowest BCUT2D eigenvalue weighted by Gasteiger charge is -2.27. The summed E-state index contributed by atoms with van der Waals surface area (Å²) in [6, 6.07) is 12.8. The summed E-state index contributed by atoms with van der Waals surface area (Å²) in [5.74, 6) is -3.61. The molecule has 27 heavy (non-hydrogen) atoms. The number of carboxylic acid groups (broad SMARTS) is 2. The zero-order chi connectivity index (χ0) is 19.3. The maximum Gasteiger partial charge on any atom is 0.336 e. The van der Waals surface area contributed by atoms with Crippen molar-refractivity contribution in [3.05, 3.63) is 76.9 Å². The molecule has 0 fully saturated rings. The van der Waals surface area contributed by atoms with Gasteiger partial charge in [0.1, 0.15) is 0 Å². The van der Waals surface area contributed by atoms with Crippen LogP contribution < -0.4 is 4.90 Å². The van der Waals surface area contributed by atoms with Gasteiger partial charge in [0.25, 0.3) is 11.8 Å². The van der Waals surface area contributed by atoms with E-state index in [9.17, 15) is 24.3 Å². The van der Waals surface area contributed by atoms with Gasteiger partial charge in [-0.2, -0.15) is 0 Å². The second-order valence-corrected chi connectivity index (χ2v) is 6.00. The number of benzene rings is 3. The Morgan fingerprint density at radius 1 is 0.778 bits per heavy atom. The van der Waals surface area contributed by atoms with Crippen molar-refractivity contribution >= 4 is 40.2 Å². The predicted octanol–water partition coefficient (Wildman–Crippen LogP) is 3.04. The van der Waals surface area contributed by atoms with Crippen LogP contribution in [-0.4, -0.2) is 34.0 Å². The number of amides is 2. The fourth-order valence-electron chi connectivity index (χ4n) is 3.30. The Hall–Kier alpha value is -4.00. The molecule has 0 aliphatic carbocycles. The molecule has 0 atom stereocenters. The van der Waals surface area contributed by atoms with Crippen LogP contribution in [0, 0.1) is 0 Å². The molecule has 7 nitrogen and oxygen atoms in total. The van der Waals surface area contributed by atoms with Crippen LogP contribution in [0.5, 0.6) is 0 Å². The first kappa shape index (κ1) is 16.5. The van der Waals surface area contributed by atoms with E-state index in [0.717, 1.165) is 4.90 Å². The topological polar surface area (TPSA) is 112 Å². The van der Waals surface area contributed by atoms with Crippen molar-refractivity contribution in [2.24, 2.45) is 0 Å². The Bertz CT molecular complexity index is 1160. The molecule has 3 aromatic carbocycles. The van der Waals surface area contributed by atoms with Gasteiger partial charge in [-0.25, -0.2) is 14.5 Å². The number of carbonyl (C=O) groups excluding carboxylic acids is 2. The Kier molecular flexibility index (Phi) is 3.52. The van der Waals surface area contributed by atoms with Gasteiger partial charge in [-0.1, -0.05) is 18.2 Å². The fourth-order valence-corrected chi connectivity index (χ4v) is 3.30. The number of rotatable bonds is 3. The van der Waals surface area contributed by atoms with E-state index in [1.165, 1.54) is 42.5 Å². The number of aromatic carboxylic acids is 2. The third kappa shape index (κ3) is 2.36. The molecule has 0 radical (unpaired) electrons. The van der Waals surface area contributed by atoms with Crippen molar-refractivity contribution in [3.63, 3.8) is 0 Å². The highest BCUT2D eigenvalue weighted by atomic mass is 16.4. The first-order valence-corrected chi connectivity index (χ1v) is 7.91. The summed E-state index contributed by atoms with van der Waals surface area (Å²) in [4.78, 5) is 49.5. The SMILES string of the molecule is O=C(O)c1cccc(N2C(=O)c3cccc4c(C(=O)O)ccc(c34)C2=O)c1. The highest BCUT2D eigenvalue weighted by molar-refractivity contribution is 6.36. The number of imide groups is 1. The van der Waals surface area contributed by atoms with Crippen molar-refractivity contribution in [2.75, 3.05) is 4.90 Å². The maximum atomic E-state index is 13.0.